The first-order chi connectivity index (χ1) is 17.4. The maximum absolute atomic E-state index is 15.3. The zero-order chi connectivity index (χ0) is 27.0. The van der Waals surface area contributed by atoms with Crippen LogP contribution < -0.4 is 9.62 Å². The van der Waals surface area contributed by atoms with Gasteiger partial charge in [0.25, 0.3) is 5.91 Å². The number of hydrogen-bond acceptors (Lipinski definition) is 7. The van der Waals surface area contributed by atoms with Crippen molar-refractivity contribution in [3.8, 4) is 5.69 Å². The van der Waals surface area contributed by atoms with E-state index in [1.165, 1.54) is 22.9 Å². The number of pyridine rings is 1. The molecule has 0 atom stereocenters. The number of piperidine rings is 1. The van der Waals surface area contributed by atoms with Gasteiger partial charge in [0.1, 0.15) is 17.2 Å². The fraction of sp³-hybridized carbons (Fsp3) is 0.480. The van der Waals surface area contributed by atoms with Gasteiger partial charge in [-0.15, -0.1) is 0 Å². The minimum Gasteiger partial charge on any atom is -0.378 e. The van der Waals surface area contributed by atoms with Crippen LogP contribution in [0.1, 0.15) is 55.7 Å². The normalized spacial score (nSPS) is 15.9. The maximum atomic E-state index is 15.3. The number of amides is 1. The molecule has 3 heterocycles. The molecule has 0 aliphatic carbocycles. The Kier molecular flexibility index (Phi) is 7.52. The average Bonchev–Trinajstić information content (AvgIpc) is 3.22. The van der Waals surface area contributed by atoms with Gasteiger partial charge in [0.05, 0.1) is 35.3 Å². The van der Waals surface area contributed by atoms with Crippen LogP contribution in [0, 0.1) is 5.82 Å². The van der Waals surface area contributed by atoms with E-state index in [0.29, 0.717) is 47.8 Å². The number of halogens is 2. The smallest absolute Gasteiger partial charge is 0.283 e. The molecule has 1 fully saturated rings. The molecule has 200 valence electrons. The molecule has 3 aromatic rings. The number of alkyl halides is 1. The molecule has 1 amide bonds. The molecule has 1 aliphatic heterocycles. The topological polar surface area (TPSA) is 106 Å². The number of nitrogens with zero attached hydrogens (tertiary/aromatic N) is 4. The molecule has 1 aliphatic rings. The SMILES string of the molecule is CCOCC1(F)CCN(c2cc(C(=O)NS(C)(=O)=O)nc3c2c(C(C)C)nn3-c2ccc(F)cc2)CC1. The summed E-state index contributed by atoms with van der Waals surface area (Å²) in [6, 6.07) is 7.20. The van der Waals surface area contributed by atoms with Gasteiger partial charge in [0.2, 0.25) is 10.0 Å². The largest absolute Gasteiger partial charge is 0.378 e. The number of sulfonamides is 1. The van der Waals surface area contributed by atoms with Gasteiger partial charge in [0, 0.05) is 32.5 Å². The molecule has 0 radical (unpaired) electrons. The van der Waals surface area contributed by atoms with Gasteiger partial charge < -0.3 is 9.64 Å². The van der Waals surface area contributed by atoms with Crippen LogP contribution >= 0.6 is 0 Å². The van der Waals surface area contributed by atoms with Crippen LogP contribution in [-0.4, -0.2) is 67.3 Å². The highest BCUT2D eigenvalue weighted by Gasteiger charge is 2.36. The summed E-state index contributed by atoms with van der Waals surface area (Å²) in [6.07, 6.45) is 1.34. The van der Waals surface area contributed by atoms with E-state index in [0.717, 1.165) is 6.26 Å². The summed E-state index contributed by atoms with van der Waals surface area (Å²) in [5, 5.41) is 5.42. The first-order valence-corrected chi connectivity index (χ1v) is 14.0. The van der Waals surface area contributed by atoms with Gasteiger partial charge in [-0.05, 0) is 43.2 Å². The van der Waals surface area contributed by atoms with Crippen LogP contribution in [0.3, 0.4) is 0 Å². The van der Waals surface area contributed by atoms with Gasteiger partial charge in [-0.3, -0.25) is 4.79 Å². The lowest BCUT2D eigenvalue weighted by Gasteiger charge is -2.37. The third-order valence-corrected chi connectivity index (χ3v) is 6.89. The number of rotatable bonds is 8. The summed E-state index contributed by atoms with van der Waals surface area (Å²) in [5.74, 6) is -1.35. The summed E-state index contributed by atoms with van der Waals surface area (Å²) in [6.45, 7) is 6.92. The van der Waals surface area contributed by atoms with E-state index >= 15 is 4.39 Å². The summed E-state index contributed by atoms with van der Waals surface area (Å²) < 4.78 is 61.2. The van der Waals surface area contributed by atoms with Gasteiger partial charge in [-0.25, -0.2) is 31.6 Å². The van der Waals surface area contributed by atoms with Crippen molar-refractivity contribution in [3.05, 3.63) is 47.5 Å². The number of fused-ring (bicyclic) bond motifs is 1. The Morgan fingerprint density at radius 1 is 1.22 bits per heavy atom. The highest BCUT2D eigenvalue weighted by molar-refractivity contribution is 7.89. The second kappa shape index (κ2) is 10.3. The fourth-order valence-corrected chi connectivity index (χ4v) is 4.89. The van der Waals surface area contributed by atoms with E-state index in [9.17, 15) is 17.6 Å². The Hall–Kier alpha value is -3.12. The first kappa shape index (κ1) is 26.9. The minimum absolute atomic E-state index is 0.0187. The van der Waals surface area contributed by atoms with Gasteiger partial charge in [-0.1, -0.05) is 13.8 Å². The van der Waals surface area contributed by atoms with E-state index in [2.05, 4.69) is 4.98 Å². The lowest BCUT2D eigenvalue weighted by atomic mass is 9.93. The van der Waals surface area contributed by atoms with Crippen molar-refractivity contribution < 1.29 is 26.7 Å². The van der Waals surface area contributed by atoms with Crippen LogP contribution in [-0.2, 0) is 14.8 Å². The molecule has 1 N–H and O–H groups in total. The molecule has 0 spiro atoms. The van der Waals surface area contributed by atoms with Crippen LogP contribution in [0.4, 0.5) is 14.5 Å². The third-order valence-electron chi connectivity index (χ3n) is 6.34. The maximum Gasteiger partial charge on any atom is 0.283 e. The van der Waals surface area contributed by atoms with Crippen molar-refractivity contribution in [1.82, 2.24) is 19.5 Å². The number of nitrogens with one attached hydrogen (secondary N) is 1. The number of anilines is 1. The molecule has 2 aromatic heterocycles. The molecule has 1 aromatic carbocycles. The van der Waals surface area contributed by atoms with Crippen molar-refractivity contribution in [1.29, 1.82) is 0 Å². The number of carbonyl (C=O) groups is 1. The fourth-order valence-electron chi connectivity index (χ4n) is 4.45. The van der Waals surface area contributed by atoms with Gasteiger partial charge in [0.15, 0.2) is 5.65 Å². The molecule has 9 nitrogen and oxygen atoms in total. The monoisotopic (exact) mass is 535 g/mol. The van der Waals surface area contributed by atoms with Gasteiger partial charge in [-0.2, -0.15) is 5.10 Å². The zero-order valence-electron chi connectivity index (χ0n) is 21.3. The van der Waals surface area contributed by atoms with E-state index in [-0.39, 0.29) is 31.1 Å². The Labute approximate surface area is 214 Å². The van der Waals surface area contributed by atoms with Crippen LogP contribution in [0.15, 0.2) is 30.3 Å². The summed E-state index contributed by atoms with van der Waals surface area (Å²) in [5.41, 5.74) is 0.572. The van der Waals surface area contributed by atoms with E-state index in [1.807, 2.05) is 30.4 Å². The number of carbonyl (C=O) groups excluding carboxylic acids is 1. The molecule has 1 saturated heterocycles. The second-order valence-electron chi connectivity index (χ2n) is 9.63. The molecular formula is C25H31F2N5O4S. The number of hydrogen-bond donors (Lipinski definition) is 1. The lowest BCUT2D eigenvalue weighted by molar-refractivity contribution is 0.00461. The Bertz CT molecular complexity index is 1400. The van der Waals surface area contributed by atoms with E-state index in [4.69, 9.17) is 9.84 Å². The van der Waals surface area contributed by atoms with Crippen molar-refractivity contribution in [2.24, 2.45) is 0 Å². The molecular weight excluding hydrogens is 504 g/mol. The van der Waals surface area contributed by atoms with E-state index in [1.54, 1.807) is 12.1 Å². The molecule has 0 bridgehead atoms. The standard InChI is InChI=1S/C25H31F2N5O4S/c1-5-36-15-25(27)10-12-31(13-11-25)20-14-19(24(33)30-37(4,34)35)28-23-21(20)22(16(2)3)29-32(23)18-8-6-17(26)7-9-18/h6-9,14,16H,5,10-13,15H2,1-4H3,(H,30,33). The number of ether oxygens (including phenoxy) is 1. The highest BCUT2D eigenvalue weighted by atomic mass is 32.2. The molecule has 37 heavy (non-hydrogen) atoms. The highest BCUT2D eigenvalue weighted by Crippen LogP contribution is 2.38. The summed E-state index contributed by atoms with van der Waals surface area (Å²) >= 11 is 0. The summed E-state index contributed by atoms with van der Waals surface area (Å²) in [7, 11) is -3.84. The van der Waals surface area contributed by atoms with Crippen molar-refractivity contribution in [2.75, 3.05) is 37.5 Å². The number of benzene rings is 1. The molecule has 4 rings (SSSR count). The van der Waals surface area contributed by atoms with Gasteiger partial charge >= 0.3 is 0 Å². The van der Waals surface area contributed by atoms with Crippen LogP contribution in [0.25, 0.3) is 16.7 Å². The van der Waals surface area contributed by atoms with Crippen molar-refractivity contribution >= 4 is 32.7 Å². The van der Waals surface area contributed by atoms with E-state index < -0.39 is 27.4 Å². The average molecular weight is 536 g/mol. The molecule has 0 unspecified atom stereocenters. The predicted molar refractivity (Wildman–Crippen MR) is 137 cm³/mol. The van der Waals surface area contributed by atoms with Crippen molar-refractivity contribution in [2.45, 2.75) is 45.2 Å². The first-order valence-electron chi connectivity index (χ1n) is 12.1. The quantitative estimate of drug-likeness (QED) is 0.469. The Morgan fingerprint density at radius 3 is 2.43 bits per heavy atom. The lowest BCUT2D eigenvalue weighted by Crippen LogP contribution is -2.44. The molecule has 12 heteroatoms. The predicted octanol–water partition coefficient (Wildman–Crippen LogP) is 3.72. The Balaban J connectivity index is 1.88. The second-order valence-corrected chi connectivity index (χ2v) is 11.4. The summed E-state index contributed by atoms with van der Waals surface area (Å²) in [4.78, 5) is 19.3. The third kappa shape index (κ3) is 5.90. The number of aromatic nitrogens is 3. The molecule has 0 saturated carbocycles. The van der Waals surface area contributed by atoms with Crippen molar-refractivity contribution in [3.63, 3.8) is 0 Å². The zero-order valence-corrected chi connectivity index (χ0v) is 22.1. The van der Waals surface area contributed by atoms with Crippen LogP contribution in [0.2, 0.25) is 0 Å². The van der Waals surface area contributed by atoms with Crippen LogP contribution in [0.5, 0.6) is 0 Å². The Morgan fingerprint density at radius 2 is 1.86 bits per heavy atom. The minimum atomic E-state index is -3.84.